The fourth-order valence-corrected chi connectivity index (χ4v) is 6.36. The number of carbonyl (C=O) groups is 3. The molecule has 16 heteroatoms. The molecule has 0 bridgehead atoms. The van der Waals surface area contributed by atoms with Gasteiger partial charge in [-0.25, -0.2) is 10.3 Å². The van der Waals surface area contributed by atoms with E-state index in [1.165, 1.54) is 47.4 Å². The average molecular weight is 602 g/mol. The minimum atomic E-state index is -4.57. The molecule has 0 aromatic heterocycles. The Labute approximate surface area is 242 Å². The number of hydrogen-bond acceptors (Lipinski definition) is 10. The highest BCUT2D eigenvalue weighted by Gasteiger charge is 2.76. The van der Waals surface area contributed by atoms with Crippen molar-refractivity contribution in [2.75, 3.05) is 13.1 Å². The van der Waals surface area contributed by atoms with Gasteiger partial charge >= 0.3 is 12.1 Å². The Bertz CT molecular complexity index is 1560. The van der Waals surface area contributed by atoms with Crippen LogP contribution >= 0.6 is 0 Å². The maximum atomic E-state index is 13.5. The molecular formula is C27H28F3N8O5+. The first-order valence-electron chi connectivity index (χ1n) is 13.4. The molecule has 1 spiro atoms. The Morgan fingerprint density at radius 3 is 2.40 bits per heavy atom. The smallest absolute Gasteiger partial charge is 0.370 e. The second-order valence-corrected chi connectivity index (χ2v) is 10.9. The van der Waals surface area contributed by atoms with Gasteiger partial charge in [0.05, 0.1) is 18.7 Å². The lowest BCUT2D eigenvalue weighted by Crippen LogP contribution is -2.90. The number of guanidine groups is 2. The zero-order valence-corrected chi connectivity index (χ0v) is 22.4. The summed E-state index contributed by atoms with van der Waals surface area (Å²) in [6.45, 7) is -0.407. The van der Waals surface area contributed by atoms with E-state index >= 15 is 0 Å². The van der Waals surface area contributed by atoms with E-state index in [0.29, 0.717) is 0 Å². The number of nitrogens with two attached hydrogens (primary N) is 2. The second-order valence-electron chi connectivity index (χ2n) is 10.9. The summed E-state index contributed by atoms with van der Waals surface area (Å²) in [5.74, 6) is -4.42. The Morgan fingerprint density at radius 2 is 1.74 bits per heavy atom. The normalized spacial score (nSPS) is 27.8. The van der Waals surface area contributed by atoms with E-state index in [9.17, 15) is 37.8 Å². The summed E-state index contributed by atoms with van der Waals surface area (Å²) in [7, 11) is 0. The molecule has 6 rings (SSSR count). The Balaban J connectivity index is 1.25. The summed E-state index contributed by atoms with van der Waals surface area (Å²) >= 11 is 0. The maximum absolute atomic E-state index is 13.5. The molecule has 0 aliphatic carbocycles. The van der Waals surface area contributed by atoms with Crippen molar-refractivity contribution in [3.63, 3.8) is 0 Å². The predicted molar refractivity (Wildman–Crippen MR) is 143 cm³/mol. The number of nitrogens with zero attached hydrogens (tertiary/aromatic N) is 3. The largest absolute Gasteiger partial charge is 0.417 e. The fourth-order valence-electron chi connectivity index (χ4n) is 6.36. The molecule has 0 saturated carbocycles. The summed E-state index contributed by atoms with van der Waals surface area (Å²) in [4.78, 5) is 47.5. The third-order valence-corrected chi connectivity index (χ3v) is 8.40. The molecule has 0 radical (unpaired) electrons. The second kappa shape index (κ2) is 9.67. The number of halogens is 3. The third-order valence-electron chi connectivity index (χ3n) is 8.40. The fraction of sp³-hybridized carbons (Fsp3) is 0.370. The molecule has 4 atom stereocenters. The van der Waals surface area contributed by atoms with Crippen LogP contribution in [0.25, 0.3) is 11.1 Å². The molecule has 4 aliphatic heterocycles. The van der Waals surface area contributed by atoms with E-state index in [0.717, 1.165) is 11.0 Å². The van der Waals surface area contributed by atoms with Crippen molar-refractivity contribution in [2.24, 2.45) is 16.5 Å². The van der Waals surface area contributed by atoms with Crippen molar-refractivity contribution < 1.29 is 42.8 Å². The average Bonchev–Trinajstić information content (AvgIpc) is 3.55. The molecule has 3 amide bonds. The highest BCUT2D eigenvalue weighted by Crippen LogP contribution is 2.42. The third kappa shape index (κ3) is 4.36. The molecule has 43 heavy (non-hydrogen) atoms. The first-order valence-corrected chi connectivity index (χ1v) is 13.4. The Morgan fingerprint density at radius 1 is 1.09 bits per heavy atom. The summed E-state index contributed by atoms with van der Waals surface area (Å²) in [6.07, 6.45) is -4.46. The minimum Gasteiger partial charge on any atom is -0.370 e. The van der Waals surface area contributed by atoms with Crippen LogP contribution in [0.3, 0.4) is 0 Å². The minimum absolute atomic E-state index is 0.0434. The van der Waals surface area contributed by atoms with Crippen LogP contribution in [0, 0.1) is 0 Å². The number of nitrogens with one attached hydrogen (secondary N) is 3. The van der Waals surface area contributed by atoms with Crippen LogP contribution in [0.15, 0.2) is 53.5 Å². The Kier molecular flexibility index (Phi) is 6.39. The van der Waals surface area contributed by atoms with Crippen LogP contribution in [0.1, 0.15) is 28.8 Å². The SMILES string of the molecule is NC1=N[C@@H](CN2C(=O)CCC2=O)[C@@H]2[NH+]=C(N)N[C@]23N1C[C@H](NC(=O)c1ccc(-c2ccccc2C(F)(F)F)cc1)C3(O)O. The van der Waals surface area contributed by atoms with Crippen molar-refractivity contribution in [3.8, 4) is 11.1 Å². The van der Waals surface area contributed by atoms with E-state index < -0.39 is 47.2 Å². The molecule has 4 aliphatic rings. The van der Waals surface area contributed by atoms with Crippen LogP contribution < -0.4 is 27.1 Å². The van der Waals surface area contributed by atoms with E-state index in [1.54, 1.807) is 0 Å². The van der Waals surface area contributed by atoms with E-state index in [2.05, 4.69) is 20.6 Å². The molecule has 2 fully saturated rings. The van der Waals surface area contributed by atoms with Crippen molar-refractivity contribution >= 4 is 29.6 Å². The number of carbonyl (C=O) groups excluding carboxylic acids is 3. The lowest BCUT2D eigenvalue weighted by Gasteiger charge is -2.46. The number of benzene rings is 2. The maximum Gasteiger partial charge on any atom is 0.417 e. The highest BCUT2D eigenvalue weighted by molar-refractivity contribution is 6.02. The zero-order chi connectivity index (χ0) is 30.9. The summed E-state index contributed by atoms with van der Waals surface area (Å²) in [5.41, 5.74) is 9.84. The van der Waals surface area contributed by atoms with Gasteiger partial charge in [0.15, 0.2) is 12.0 Å². The first kappa shape index (κ1) is 28.4. The molecule has 4 heterocycles. The van der Waals surface area contributed by atoms with Gasteiger partial charge in [0.1, 0.15) is 12.1 Å². The van der Waals surface area contributed by atoms with Crippen molar-refractivity contribution in [3.05, 3.63) is 59.7 Å². The molecule has 9 N–H and O–H groups in total. The van der Waals surface area contributed by atoms with Crippen molar-refractivity contribution in [1.82, 2.24) is 20.4 Å². The Hall–Kier alpha value is -4.70. The lowest BCUT2D eigenvalue weighted by atomic mass is 9.84. The van der Waals surface area contributed by atoms with Crippen LogP contribution in [0.5, 0.6) is 0 Å². The van der Waals surface area contributed by atoms with Gasteiger partial charge in [-0.15, -0.1) is 0 Å². The number of amides is 3. The van der Waals surface area contributed by atoms with E-state index in [-0.39, 0.29) is 66.4 Å². The molecule has 2 saturated heterocycles. The molecule has 2 aromatic rings. The van der Waals surface area contributed by atoms with Crippen LogP contribution in [0.2, 0.25) is 0 Å². The highest BCUT2D eigenvalue weighted by atomic mass is 19.4. The quantitative estimate of drug-likeness (QED) is 0.142. The number of aliphatic imine (C=N–C) groups is 1. The molecule has 2 aromatic carbocycles. The molecule has 226 valence electrons. The predicted octanol–water partition coefficient (Wildman–Crippen LogP) is -2.62. The van der Waals surface area contributed by atoms with Gasteiger partial charge in [-0.2, -0.15) is 13.2 Å². The number of imide groups is 1. The van der Waals surface area contributed by atoms with Crippen LogP contribution in [-0.4, -0.2) is 92.3 Å². The molecule has 13 nitrogen and oxygen atoms in total. The van der Waals surface area contributed by atoms with E-state index in [4.69, 9.17) is 11.5 Å². The van der Waals surface area contributed by atoms with Gasteiger partial charge in [0.2, 0.25) is 17.6 Å². The van der Waals surface area contributed by atoms with Gasteiger partial charge in [-0.05, 0) is 29.3 Å². The van der Waals surface area contributed by atoms with Gasteiger partial charge in [0.25, 0.3) is 11.6 Å². The summed E-state index contributed by atoms with van der Waals surface area (Å²) in [5, 5.41) is 28.6. The van der Waals surface area contributed by atoms with Gasteiger partial charge in [0, 0.05) is 18.4 Å². The molecule has 0 unspecified atom stereocenters. The molecular weight excluding hydrogens is 573 g/mol. The van der Waals surface area contributed by atoms with Gasteiger partial charge in [-0.3, -0.25) is 34.9 Å². The summed E-state index contributed by atoms with van der Waals surface area (Å²) < 4.78 is 40.5. The van der Waals surface area contributed by atoms with Crippen LogP contribution in [-0.2, 0) is 15.8 Å². The number of alkyl halides is 3. The van der Waals surface area contributed by atoms with Crippen molar-refractivity contribution in [1.29, 1.82) is 0 Å². The summed E-state index contributed by atoms with van der Waals surface area (Å²) in [6, 6.07) is 7.17. The zero-order valence-electron chi connectivity index (χ0n) is 22.4. The van der Waals surface area contributed by atoms with Gasteiger partial charge < -0.3 is 21.3 Å². The topological polar surface area (TPSA) is 201 Å². The van der Waals surface area contributed by atoms with Gasteiger partial charge in [-0.1, -0.05) is 30.3 Å². The van der Waals surface area contributed by atoms with Crippen molar-refractivity contribution in [2.45, 2.75) is 48.6 Å². The lowest BCUT2D eigenvalue weighted by molar-refractivity contribution is -0.521. The first-order chi connectivity index (χ1) is 20.2. The number of likely N-dealkylation sites (tertiary alicyclic amines) is 1. The number of aliphatic hydroxyl groups is 2. The number of hydrogen-bond donors (Lipinski definition) is 7. The number of rotatable bonds is 5. The standard InChI is InChI=1S/C27H27F3N8O5/c28-27(29,30)16-4-2-1-3-15(16)13-5-7-14(8-6-13)22(41)34-18-12-38-24(32)33-17(11-37-19(39)9-10-20(37)40)21-25(38,26(18,42)43)36-23(31)35-21/h1-8,17-18,21,42-43H,9-12H2,(H2,32,33)(H,34,41)(H3,31,35,36)/p+1/t17-,18-,21-,25-/m0/s1. The van der Waals surface area contributed by atoms with E-state index in [1.807, 2.05) is 0 Å². The van der Waals surface area contributed by atoms with Crippen LogP contribution in [0.4, 0.5) is 13.2 Å². The monoisotopic (exact) mass is 601 g/mol.